The predicted octanol–water partition coefficient (Wildman–Crippen LogP) is 6.68. The van der Waals surface area contributed by atoms with Crippen LogP contribution in [0.2, 0.25) is 0 Å². The zero-order chi connectivity index (χ0) is 22.4. The van der Waals surface area contributed by atoms with Crippen molar-refractivity contribution in [3.63, 3.8) is 0 Å². The van der Waals surface area contributed by atoms with E-state index >= 15 is 0 Å². The Morgan fingerprint density at radius 3 is 2.61 bits per heavy atom. The number of aliphatic hydroxyl groups excluding tert-OH is 1. The highest BCUT2D eigenvalue weighted by Gasteiger charge is 2.59. The van der Waals surface area contributed by atoms with Crippen LogP contribution in [-0.2, 0) is 9.53 Å². The fraction of sp³-hybridized carbons (Fsp3) is 0.893. The maximum atomic E-state index is 11.5. The number of hydrogen-bond acceptors (Lipinski definition) is 3. The normalized spacial score (nSPS) is 42.9. The smallest absolute Gasteiger partial charge is 0.302 e. The predicted molar refractivity (Wildman–Crippen MR) is 125 cm³/mol. The first-order valence-corrected chi connectivity index (χ1v) is 13.2. The Bertz CT molecular complexity index is 696. The van der Waals surface area contributed by atoms with E-state index < -0.39 is 0 Å². The number of esters is 1. The van der Waals surface area contributed by atoms with Crippen LogP contribution in [0.1, 0.15) is 105 Å². The first-order chi connectivity index (χ1) is 14.6. The quantitative estimate of drug-likeness (QED) is 0.377. The van der Waals surface area contributed by atoms with Gasteiger partial charge in [0.15, 0.2) is 0 Å². The minimum atomic E-state index is -0.139. The monoisotopic (exact) mass is 430 g/mol. The van der Waals surface area contributed by atoms with E-state index in [4.69, 9.17) is 4.74 Å². The Morgan fingerprint density at radius 1 is 1.13 bits per heavy atom. The highest BCUT2D eigenvalue weighted by Crippen LogP contribution is 2.66. The second-order valence-electron chi connectivity index (χ2n) is 12.4. The second kappa shape index (κ2) is 8.84. The van der Waals surface area contributed by atoms with Crippen LogP contribution in [0.4, 0.5) is 0 Å². The van der Waals surface area contributed by atoms with Crippen LogP contribution in [0.15, 0.2) is 11.6 Å². The molecule has 4 unspecified atom stereocenters. The summed E-state index contributed by atoms with van der Waals surface area (Å²) in [6.45, 7) is 11.1. The Morgan fingerprint density at radius 2 is 1.90 bits per heavy atom. The molecule has 0 aliphatic heterocycles. The van der Waals surface area contributed by atoms with Gasteiger partial charge in [0.2, 0.25) is 0 Å². The third-order valence-corrected chi connectivity index (χ3v) is 10.2. The molecule has 4 rings (SSSR count). The highest BCUT2D eigenvalue weighted by molar-refractivity contribution is 5.66. The number of fused-ring (bicyclic) bond motifs is 5. The van der Waals surface area contributed by atoms with E-state index in [0.717, 1.165) is 55.8 Å². The maximum Gasteiger partial charge on any atom is 0.302 e. The fourth-order valence-electron chi connectivity index (χ4n) is 8.57. The number of aliphatic hydroxyl groups is 1. The van der Waals surface area contributed by atoms with Crippen molar-refractivity contribution in [3.05, 3.63) is 11.6 Å². The van der Waals surface area contributed by atoms with Gasteiger partial charge in [-0.25, -0.2) is 0 Å². The molecule has 176 valence electrons. The first-order valence-electron chi connectivity index (χ1n) is 13.2. The summed E-state index contributed by atoms with van der Waals surface area (Å²) in [5.74, 6) is 3.38. The third kappa shape index (κ3) is 4.25. The van der Waals surface area contributed by atoms with E-state index in [1.54, 1.807) is 5.57 Å². The van der Waals surface area contributed by atoms with Crippen molar-refractivity contribution in [3.8, 4) is 0 Å². The van der Waals surface area contributed by atoms with Crippen molar-refractivity contribution in [1.82, 2.24) is 0 Å². The van der Waals surface area contributed by atoms with Crippen LogP contribution in [0, 0.1) is 40.4 Å². The fourth-order valence-corrected chi connectivity index (χ4v) is 8.57. The number of carbonyl (C=O) groups excluding carboxylic acids is 1. The molecule has 0 aromatic rings. The Labute approximate surface area is 190 Å². The van der Waals surface area contributed by atoms with Crippen molar-refractivity contribution in [2.24, 2.45) is 40.4 Å². The average molecular weight is 431 g/mol. The molecule has 31 heavy (non-hydrogen) atoms. The van der Waals surface area contributed by atoms with Gasteiger partial charge in [-0.3, -0.25) is 4.79 Å². The number of carbonyl (C=O) groups is 1. The van der Waals surface area contributed by atoms with Crippen LogP contribution < -0.4 is 0 Å². The molecule has 3 nitrogen and oxygen atoms in total. The lowest BCUT2D eigenvalue weighted by Crippen LogP contribution is -2.51. The zero-order valence-electron chi connectivity index (χ0n) is 20.7. The molecule has 0 saturated heterocycles. The van der Waals surface area contributed by atoms with Gasteiger partial charge in [0.1, 0.15) is 6.10 Å². The van der Waals surface area contributed by atoms with Crippen molar-refractivity contribution in [2.45, 2.75) is 117 Å². The molecule has 0 heterocycles. The maximum absolute atomic E-state index is 11.5. The Kier molecular flexibility index (Phi) is 6.65. The summed E-state index contributed by atoms with van der Waals surface area (Å²) in [6.07, 6.45) is 15.3. The molecule has 0 spiro atoms. The molecule has 0 radical (unpaired) electrons. The van der Waals surface area contributed by atoms with Crippen LogP contribution in [0.25, 0.3) is 0 Å². The molecular formula is C28H46O3. The van der Waals surface area contributed by atoms with Gasteiger partial charge < -0.3 is 9.84 Å². The molecule has 1 N–H and O–H groups in total. The van der Waals surface area contributed by atoms with Crippen LogP contribution >= 0.6 is 0 Å². The van der Waals surface area contributed by atoms with E-state index in [1.165, 1.54) is 45.4 Å². The summed E-state index contributed by atoms with van der Waals surface area (Å²) in [4.78, 5) is 11.5. The van der Waals surface area contributed by atoms with E-state index in [1.807, 2.05) is 0 Å². The van der Waals surface area contributed by atoms with E-state index in [-0.39, 0.29) is 23.6 Å². The van der Waals surface area contributed by atoms with E-state index in [0.29, 0.717) is 11.3 Å². The molecule has 3 heteroatoms. The molecule has 0 bridgehead atoms. The van der Waals surface area contributed by atoms with E-state index in [2.05, 4.69) is 33.8 Å². The van der Waals surface area contributed by atoms with Gasteiger partial charge in [0.25, 0.3) is 0 Å². The molecule has 3 saturated carbocycles. The largest absolute Gasteiger partial charge is 0.462 e. The lowest BCUT2D eigenvalue weighted by Gasteiger charge is -2.58. The molecule has 8 atom stereocenters. The molecule has 0 amide bonds. The highest BCUT2D eigenvalue weighted by atomic mass is 16.5. The SMILES string of the molecule is CC(=O)O[C@H]1CC[C@@]2(C)C(=CCC3C2CC[C@@]2(C)C3CC[C@@H]2C(O)CCCC(C)C)C1. The number of rotatable bonds is 6. The Balaban J connectivity index is 1.47. The lowest BCUT2D eigenvalue weighted by atomic mass is 9.47. The summed E-state index contributed by atoms with van der Waals surface area (Å²) in [5.41, 5.74) is 2.17. The number of ether oxygens (including phenoxy) is 1. The van der Waals surface area contributed by atoms with Crippen molar-refractivity contribution < 1.29 is 14.6 Å². The van der Waals surface area contributed by atoms with E-state index in [9.17, 15) is 9.90 Å². The Hall–Kier alpha value is -0.830. The standard InChI is InChI=1S/C28H46O3/c1-18(2)7-6-8-26(30)25-12-11-23-22-10-9-20-17-21(31-19(3)29)13-15-27(20,4)24(22)14-16-28(23,25)5/h9,18,21-26,30H,6-8,10-17H2,1-5H3/t21-,22?,23?,24?,25+,26?,27-,28-/m0/s1. The molecule has 0 aromatic carbocycles. The van der Waals surface area contributed by atoms with Gasteiger partial charge in [-0.15, -0.1) is 0 Å². The van der Waals surface area contributed by atoms with Gasteiger partial charge in [0, 0.05) is 13.3 Å². The molecule has 4 aliphatic carbocycles. The molecule has 3 fully saturated rings. The molecular weight excluding hydrogens is 384 g/mol. The van der Waals surface area contributed by atoms with Crippen LogP contribution in [-0.4, -0.2) is 23.3 Å². The summed E-state index contributed by atoms with van der Waals surface area (Å²) < 4.78 is 5.59. The summed E-state index contributed by atoms with van der Waals surface area (Å²) >= 11 is 0. The number of allylic oxidation sites excluding steroid dienone is 1. The lowest BCUT2D eigenvalue weighted by molar-refractivity contribution is -0.148. The van der Waals surface area contributed by atoms with Crippen molar-refractivity contribution >= 4 is 5.97 Å². The van der Waals surface area contributed by atoms with Gasteiger partial charge >= 0.3 is 5.97 Å². The second-order valence-corrected chi connectivity index (χ2v) is 12.4. The van der Waals surface area contributed by atoms with Gasteiger partial charge in [-0.2, -0.15) is 0 Å². The summed E-state index contributed by atoms with van der Waals surface area (Å²) in [7, 11) is 0. The van der Waals surface area contributed by atoms with Gasteiger partial charge in [-0.1, -0.05) is 52.2 Å². The zero-order valence-corrected chi connectivity index (χ0v) is 20.7. The first kappa shape index (κ1) is 23.3. The van der Waals surface area contributed by atoms with Gasteiger partial charge in [0.05, 0.1) is 6.10 Å². The minimum absolute atomic E-state index is 0.0825. The topological polar surface area (TPSA) is 46.5 Å². The molecule has 0 aromatic heterocycles. The average Bonchev–Trinajstić information content (AvgIpc) is 3.05. The number of hydrogen-bond donors (Lipinski definition) is 1. The van der Waals surface area contributed by atoms with Crippen molar-refractivity contribution in [1.29, 1.82) is 0 Å². The van der Waals surface area contributed by atoms with Gasteiger partial charge in [-0.05, 0) is 91.8 Å². The van der Waals surface area contributed by atoms with Crippen molar-refractivity contribution in [2.75, 3.05) is 0 Å². The molecule has 4 aliphatic rings. The summed E-state index contributed by atoms with van der Waals surface area (Å²) in [5, 5.41) is 11.1. The third-order valence-electron chi connectivity index (χ3n) is 10.2. The van der Waals surface area contributed by atoms with Crippen LogP contribution in [0.5, 0.6) is 0 Å². The minimum Gasteiger partial charge on any atom is -0.462 e. The van der Waals surface area contributed by atoms with Crippen LogP contribution in [0.3, 0.4) is 0 Å². The summed E-state index contributed by atoms with van der Waals surface area (Å²) in [6, 6.07) is 0.